The molecule has 0 saturated carbocycles. The van der Waals surface area contributed by atoms with Crippen molar-refractivity contribution in [1.82, 2.24) is 4.57 Å². The molecule has 0 radical (unpaired) electrons. The van der Waals surface area contributed by atoms with Crippen molar-refractivity contribution in [3.63, 3.8) is 0 Å². The van der Waals surface area contributed by atoms with Gasteiger partial charge in [-0.3, -0.25) is 4.79 Å². The zero-order valence-electron chi connectivity index (χ0n) is 12.9. The Hall–Kier alpha value is -2.75. The van der Waals surface area contributed by atoms with Gasteiger partial charge in [0.1, 0.15) is 5.75 Å². The smallest absolute Gasteiger partial charge is 0.257 e. The maximum atomic E-state index is 12.6. The summed E-state index contributed by atoms with van der Waals surface area (Å²) in [4.78, 5) is 12.6. The molecule has 2 aromatic carbocycles. The Morgan fingerprint density at radius 2 is 1.95 bits per heavy atom. The molecule has 1 amide bonds. The van der Waals surface area contributed by atoms with Crippen LogP contribution in [0.1, 0.15) is 15.9 Å². The maximum absolute atomic E-state index is 12.6. The molecular weight excluding hydrogens is 276 g/mol. The van der Waals surface area contributed by atoms with E-state index in [1.54, 1.807) is 7.11 Å². The number of anilines is 1. The molecule has 0 aliphatic rings. The van der Waals surface area contributed by atoms with Crippen molar-refractivity contribution in [2.75, 3.05) is 12.4 Å². The van der Waals surface area contributed by atoms with Crippen LogP contribution in [0.15, 0.2) is 48.7 Å². The second kappa shape index (κ2) is 5.56. The first-order valence-corrected chi connectivity index (χ1v) is 7.10. The number of nitrogens with zero attached hydrogens (tertiary/aromatic N) is 1. The lowest BCUT2D eigenvalue weighted by molar-refractivity contribution is 0.102. The van der Waals surface area contributed by atoms with Gasteiger partial charge < -0.3 is 14.6 Å². The van der Waals surface area contributed by atoms with E-state index in [2.05, 4.69) is 5.32 Å². The Labute approximate surface area is 129 Å². The van der Waals surface area contributed by atoms with Crippen molar-refractivity contribution in [2.45, 2.75) is 6.92 Å². The second-order valence-corrected chi connectivity index (χ2v) is 5.33. The Morgan fingerprint density at radius 1 is 1.18 bits per heavy atom. The van der Waals surface area contributed by atoms with Crippen molar-refractivity contribution in [1.29, 1.82) is 0 Å². The minimum absolute atomic E-state index is 0.138. The fourth-order valence-electron chi connectivity index (χ4n) is 2.63. The van der Waals surface area contributed by atoms with Crippen LogP contribution in [0.5, 0.6) is 5.75 Å². The highest BCUT2D eigenvalue weighted by Gasteiger charge is 2.15. The van der Waals surface area contributed by atoms with Gasteiger partial charge in [0.25, 0.3) is 5.91 Å². The number of rotatable bonds is 3. The number of carbonyl (C=O) groups excluding carboxylic acids is 1. The molecule has 112 valence electrons. The normalized spacial score (nSPS) is 10.7. The summed E-state index contributed by atoms with van der Waals surface area (Å²) in [6, 6.07) is 13.6. The largest absolute Gasteiger partial charge is 0.495 e. The molecule has 1 N–H and O–H groups in total. The van der Waals surface area contributed by atoms with Crippen molar-refractivity contribution in [3.05, 3.63) is 59.8 Å². The molecule has 1 heterocycles. The highest BCUT2D eigenvalue weighted by Crippen LogP contribution is 2.27. The van der Waals surface area contributed by atoms with Crippen molar-refractivity contribution in [2.24, 2.45) is 7.05 Å². The van der Waals surface area contributed by atoms with Crippen LogP contribution in [0, 0.1) is 6.92 Å². The molecule has 3 rings (SSSR count). The quantitative estimate of drug-likeness (QED) is 0.799. The predicted molar refractivity (Wildman–Crippen MR) is 88.6 cm³/mol. The van der Waals surface area contributed by atoms with Gasteiger partial charge in [-0.25, -0.2) is 0 Å². The monoisotopic (exact) mass is 294 g/mol. The predicted octanol–water partition coefficient (Wildman–Crippen LogP) is 3.75. The number of aromatic nitrogens is 1. The minimum atomic E-state index is -0.138. The number of nitrogens with one attached hydrogen (secondary N) is 1. The molecule has 4 heteroatoms. The third kappa shape index (κ3) is 2.44. The Bertz CT molecular complexity index is 849. The molecule has 0 bridgehead atoms. The van der Waals surface area contributed by atoms with Gasteiger partial charge in [0.15, 0.2) is 0 Å². The lowest BCUT2D eigenvalue weighted by atomic mass is 10.1. The number of carbonyl (C=O) groups is 1. The van der Waals surface area contributed by atoms with Crippen LogP contribution in [0.2, 0.25) is 0 Å². The summed E-state index contributed by atoms with van der Waals surface area (Å²) in [7, 11) is 3.53. The van der Waals surface area contributed by atoms with E-state index in [0.29, 0.717) is 17.0 Å². The van der Waals surface area contributed by atoms with Crippen molar-refractivity contribution < 1.29 is 9.53 Å². The van der Waals surface area contributed by atoms with E-state index in [-0.39, 0.29) is 5.91 Å². The van der Waals surface area contributed by atoms with Crippen LogP contribution in [-0.4, -0.2) is 17.6 Å². The van der Waals surface area contributed by atoms with Crippen LogP contribution >= 0.6 is 0 Å². The van der Waals surface area contributed by atoms with Gasteiger partial charge in [0, 0.05) is 24.1 Å². The lowest BCUT2D eigenvalue weighted by Crippen LogP contribution is -2.12. The SMILES string of the molecule is COc1ccc(C)cc1NC(=O)c1cn(C)c2ccccc12. The molecule has 0 unspecified atom stereocenters. The molecule has 4 nitrogen and oxygen atoms in total. The number of fused-ring (bicyclic) bond motifs is 1. The third-order valence-corrected chi connectivity index (χ3v) is 3.74. The number of para-hydroxylation sites is 1. The minimum Gasteiger partial charge on any atom is -0.495 e. The summed E-state index contributed by atoms with van der Waals surface area (Å²) in [6.07, 6.45) is 1.85. The Morgan fingerprint density at radius 3 is 2.73 bits per heavy atom. The average Bonchev–Trinajstić information content (AvgIpc) is 2.85. The molecule has 0 spiro atoms. The second-order valence-electron chi connectivity index (χ2n) is 5.33. The van der Waals surface area contributed by atoms with Gasteiger partial charge in [0.2, 0.25) is 0 Å². The number of aryl methyl sites for hydroxylation is 2. The van der Waals surface area contributed by atoms with Gasteiger partial charge >= 0.3 is 0 Å². The van der Waals surface area contributed by atoms with E-state index < -0.39 is 0 Å². The van der Waals surface area contributed by atoms with Crippen LogP contribution in [0.4, 0.5) is 5.69 Å². The van der Waals surface area contributed by atoms with E-state index in [1.165, 1.54) is 0 Å². The molecule has 1 aromatic heterocycles. The van der Waals surface area contributed by atoms with E-state index in [9.17, 15) is 4.79 Å². The number of hydrogen-bond acceptors (Lipinski definition) is 2. The first-order chi connectivity index (χ1) is 10.6. The zero-order chi connectivity index (χ0) is 15.7. The molecule has 0 saturated heterocycles. The van der Waals surface area contributed by atoms with Crippen LogP contribution < -0.4 is 10.1 Å². The highest BCUT2D eigenvalue weighted by molar-refractivity contribution is 6.13. The molecule has 22 heavy (non-hydrogen) atoms. The van der Waals surface area contributed by atoms with Gasteiger partial charge in [-0.1, -0.05) is 24.3 Å². The highest BCUT2D eigenvalue weighted by atomic mass is 16.5. The van der Waals surface area contributed by atoms with Gasteiger partial charge in [0.05, 0.1) is 18.4 Å². The summed E-state index contributed by atoms with van der Waals surface area (Å²) in [6.45, 7) is 1.98. The summed E-state index contributed by atoms with van der Waals surface area (Å²) < 4.78 is 7.27. The standard InChI is InChI=1S/C18H18N2O2/c1-12-8-9-17(22-3)15(10-12)19-18(21)14-11-20(2)16-7-5-4-6-13(14)16/h4-11H,1-3H3,(H,19,21). The van der Waals surface area contributed by atoms with Gasteiger partial charge in [-0.15, -0.1) is 0 Å². The molecule has 0 atom stereocenters. The van der Waals surface area contributed by atoms with Gasteiger partial charge in [-0.05, 0) is 30.7 Å². The number of hydrogen-bond donors (Lipinski definition) is 1. The van der Waals surface area contributed by atoms with E-state index >= 15 is 0 Å². The van der Waals surface area contributed by atoms with Crippen LogP contribution in [-0.2, 0) is 7.05 Å². The van der Waals surface area contributed by atoms with Crippen LogP contribution in [0.3, 0.4) is 0 Å². The Kier molecular flexibility index (Phi) is 3.59. The van der Waals surface area contributed by atoms with E-state index in [1.807, 2.05) is 67.2 Å². The fourth-order valence-corrected chi connectivity index (χ4v) is 2.63. The van der Waals surface area contributed by atoms with Crippen LogP contribution in [0.25, 0.3) is 10.9 Å². The molecular formula is C18H18N2O2. The summed E-state index contributed by atoms with van der Waals surface area (Å²) in [5, 5.41) is 3.89. The van der Waals surface area contributed by atoms with Crippen molar-refractivity contribution >= 4 is 22.5 Å². The number of ether oxygens (including phenoxy) is 1. The average molecular weight is 294 g/mol. The number of amides is 1. The lowest BCUT2D eigenvalue weighted by Gasteiger charge is -2.10. The van der Waals surface area contributed by atoms with Crippen molar-refractivity contribution in [3.8, 4) is 5.75 Å². The maximum Gasteiger partial charge on any atom is 0.257 e. The number of benzene rings is 2. The fraction of sp³-hybridized carbons (Fsp3) is 0.167. The third-order valence-electron chi connectivity index (χ3n) is 3.74. The van der Waals surface area contributed by atoms with E-state index in [0.717, 1.165) is 16.5 Å². The molecule has 0 aliphatic carbocycles. The summed E-state index contributed by atoms with van der Waals surface area (Å²) in [5.74, 6) is 0.514. The summed E-state index contributed by atoms with van der Waals surface area (Å²) in [5.41, 5.74) is 3.43. The van der Waals surface area contributed by atoms with Gasteiger partial charge in [-0.2, -0.15) is 0 Å². The topological polar surface area (TPSA) is 43.3 Å². The molecule has 0 aliphatic heterocycles. The Balaban J connectivity index is 1.99. The number of methoxy groups -OCH3 is 1. The van der Waals surface area contributed by atoms with E-state index in [4.69, 9.17) is 4.74 Å². The summed E-state index contributed by atoms with van der Waals surface area (Å²) >= 11 is 0. The zero-order valence-corrected chi connectivity index (χ0v) is 12.9. The first kappa shape index (κ1) is 14.2. The first-order valence-electron chi connectivity index (χ1n) is 7.10. The molecule has 0 fully saturated rings. The molecule has 3 aromatic rings.